The van der Waals surface area contributed by atoms with Gasteiger partial charge in [0.1, 0.15) is 0 Å². The number of hydrogen-bond acceptors (Lipinski definition) is 3. The first-order valence-corrected chi connectivity index (χ1v) is 3.80. The Kier molecular flexibility index (Phi) is 6.81. The van der Waals surface area contributed by atoms with Crippen LogP contribution in [0.5, 0.6) is 0 Å². The van der Waals surface area contributed by atoms with E-state index in [1.165, 1.54) is 0 Å². The van der Waals surface area contributed by atoms with Gasteiger partial charge >= 0.3 is 21.1 Å². The van der Waals surface area contributed by atoms with Crippen LogP contribution in [0.25, 0.3) is 0 Å². The summed E-state index contributed by atoms with van der Waals surface area (Å²) in [7, 11) is -4.17. The van der Waals surface area contributed by atoms with Crippen LogP contribution in [-0.2, 0) is 25.6 Å². The Balaban J connectivity index is 0. The Morgan fingerprint density at radius 3 is 1.88 bits per heavy atom. The van der Waals surface area contributed by atoms with E-state index < -0.39 is 7.60 Å². The molecule has 5 heteroatoms. The van der Waals surface area contributed by atoms with Crippen molar-refractivity contribution in [3.63, 3.8) is 0 Å². The van der Waals surface area contributed by atoms with Crippen molar-refractivity contribution in [2.75, 3.05) is 6.16 Å². The Morgan fingerprint density at radius 2 is 1.88 bits per heavy atom. The Bertz CT molecular complexity index is 88.5. The van der Waals surface area contributed by atoms with Gasteiger partial charge in [-0.1, -0.05) is 20.9 Å². The van der Waals surface area contributed by atoms with E-state index in [2.05, 4.69) is 0 Å². The van der Waals surface area contributed by atoms with Crippen molar-refractivity contribution in [1.29, 1.82) is 0 Å². The van der Waals surface area contributed by atoms with Crippen molar-refractivity contribution in [3.05, 3.63) is 0 Å². The number of hydrogen-bond donors (Lipinski definition) is 0. The minimum absolute atomic E-state index is 0. The smallest absolute Gasteiger partial charge is 0.811 e. The van der Waals surface area contributed by atoms with Crippen molar-refractivity contribution in [1.82, 2.24) is 0 Å². The van der Waals surface area contributed by atoms with E-state index in [-0.39, 0.29) is 27.2 Å². The van der Waals surface area contributed by atoms with Crippen LogP contribution in [0.1, 0.15) is 13.3 Å². The minimum atomic E-state index is -4.17. The molecule has 0 amide bonds. The van der Waals surface area contributed by atoms with E-state index in [0.717, 1.165) is 0 Å². The molecule has 0 rings (SSSR count). The second-order valence-corrected chi connectivity index (χ2v) is 3.00. The first kappa shape index (κ1) is 11.6. The maximum atomic E-state index is 9.70. The molecule has 52 valence electrons. The maximum Gasteiger partial charge on any atom is 2.00 e. The summed E-state index contributed by atoms with van der Waals surface area (Å²) in [4.78, 5) is 19.4. The van der Waals surface area contributed by atoms with Gasteiger partial charge in [-0.05, 0) is 6.16 Å². The third-order valence-corrected chi connectivity index (χ3v) is 1.49. The number of rotatable bonds is 2. The first-order valence-electron chi connectivity index (χ1n) is 2.07. The molecule has 0 spiro atoms. The van der Waals surface area contributed by atoms with Gasteiger partial charge in [-0.2, -0.15) is 0 Å². The topological polar surface area (TPSA) is 63.2 Å². The molecule has 0 saturated heterocycles. The fourth-order valence-corrected chi connectivity index (χ4v) is 0.822. The van der Waals surface area contributed by atoms with Crippen LogP contribution in [0.2, 0.25) is 0 Å². The van der Waals surface area contributed by atoms with Crippen molar-refractivity contribution >= 4 is 7.60 Å². The molecule has 0 heterocycles. The molecule has 0 aromatic heterocycles. The molecule has 8 heavy (non-hydrogen) atoms. The largest absolute Gasteiger partial charge is 2.00 e. The summed E-state index contributed by atoms with van der Waals surface area (Å²) in [5, 5.41) is 0. The molecular weight excluding hydrogens is 310 g/mol. The molecule has 0 N–H and O–H groups in total. The summed E-state index contributed by atoms with van der Waals surface area (Å²) in [5.41, 5.74) is 0. The van der Waals surface area contributed by atoms with Crippen LogP contribution in [0.4, 0.5) is 0 Å². The van der Waals surface area contributed by atoms with Gasteiger partial charge in [-0.3, -0.25) is 0 Å². The van der Waals surface area contributed by atoms with E-state index in [1.807, 2.05) is 0 Å². The maximum absolute atomic E-state index is 9.70. The van der Waals surface area contributed by atoms with Crippen LogP contribution in [0, 0.1) is 0 Å². The van der Waals surface area contributed by atoms with Crippen molar-refractivity contribution < 1.29 is 35.4 Å². The summed E-state index contributed by atoms with van der Waals surface area (Å²) in [6, 6.07) is 0. The van der Waals surface area contributed by atoms with Gasteiger partial charge in [-0.25, -0.2) is 0 Å². The Hall–Kier alpha value is 0.838. The Morgan fingerprint density at radius 1 is 1.50 bits per heavy atom. The molecule has 0 atom stereocenters. The summed E-state index contributed by atoms with van der Waals surface area (Å²) in [6.07, 6.45) is 0.206. The van der Waals surface area contributed by atoms with Gasteiger partial charge in [0, 0.05) is 0 Å². The SMILES string of the molecule is CCCP(=O)([O-])[O-].[Pt+2]. The van der Waals surface area contributed by atoms with E-state index in [0.29, 0.717) is 6.42 Å². The van der Waals surface area contributed by atoms with Crippen LogP contribution in [0.3, 0.4) is 0 Å². The van der Waals surface area contributed by atoms with Crippen LogP contribution >= 0.6 is 7.60 Å². The zero-order chi connectivity index (χ0) is 5.91. The molecule has 0 bridgehead atoms. The van der Waals surface area contributed by atoms with Gasteiger partial charge in [0.05, 0.1) is 0 Å². The predicted octanol–water partition coefficient (Wildman–Crippen LogP) is -0.692. The zero-order valence-corrected chi connectivity index (χ0v) is 7.57. The fraction of sp³-hybridized carbons (Fsp3) is 1.00. The zero-order valence-electron chi connectivity index (χ0n) is 4.40. The molecule has 0 aliphatic heterocycles. The molecule has 0 fully saturated rings. The molecule has 0 saturated carbocycles. The summed E-state index contributed by atoms with van der Waals surface area (Å²) in [6.45, 7) is 1.66. The standard InChI is InChI=1S/C3H9O3P.Pt/c1-2-3-7(4,5)6;/h2-3H2,1H3,(H2,4,5,6);/q;+2/p-2. The molecule has 0 aliphatic carbocycles. The average Bonchev–Trinajstić information content (AvgIpc) is 1.30. The van der Waals surface area contributed by atoms with Gasteiger partial charge in [0.2, 0.25) is 0 Å². The van der Waals surface area contributed by atoms with Crippen LogP contribution < -0.4 is 9.79 Å². The quantitative estimate of drug-likeness (QED) is 0.633. The van der Waals surface area contributed by atoms with Gasteiger partial charge < -0.3 is 14.4 Å². The van der Waals surface area contributed by atoms with Crippen molar-refractivity contribution in [2.24, 2.45) is 0 Å². The van der Waals surface area contributed by atoms with Gasteiger partial charge in [0.25, 0.3) is 0 Å². The second-order valence-electron chi connectivity index (χ2n) is 1.33. The van der Waals surface area contributed by atoms with Crippen LogP contribution in [0.15, 0.2) is 0 Å². The summed E-state index contributed by atoms with van der Waals surface area (Å²) < 4.78 is 9.70. The molecule has 0 aromatic carbocycles. The molecule has 0 aromatic rings. The first-order chi connectivity index (χ1) is 3.06. The van der Waals surface area contributed by atoms with Crippen molar-refractivity contribution in [3.8, 4) is 0 Å². The molecule has 0 aliphatic rings. The average molecular weight is 317 g/mol. The second kappa shape index (κ2) is 4.69. The third-order valence-electron chi connectivity index (χ3n) is 0.497. The fourth-order valence-electron chi connectivity index (χ4n) is 0.274. The monoisotopic (exact) mass is 317 g/mol. The molecule has 0 radical (unpaired) electrons. The van der Waals surface area contributed by atoms with Crippen LogP contribution in [-0.4, -0.2) is 6.16 Å². The van der Waals surface area contributed by atoms with Gasteiger partial charge in [0.15, 0.2) is 0 Å². The van der Waals surface area contributed by atoms with E-state index in [1.54, 1.807) is 6.92 Å². The molecule has 3 nitrogen and oxygen atoms in total. The van der Waals surface area contributed by atoms with E-state index in [4.69, 9.17) is 0 Å². The third kappa shape index (κ3) is 9.96. The minimum Gasteiger partial charge on any atom is -0.811 e. The van der Waals surface area contributed by atoms with E-state index in [9.17, 15) is 14.4 Å². The van der Waals surface area contributed by atoms with Gasteiger partial charge in [-0.15, -0.1) is 0 Å². The molecular formula is C3H7O3PPt. The predicted molar refractivity (Wildman–Crippen MR) is 22.8 cm³/mol. The normalized spacial score (nSPS) is 10.4. The van der Waals surface area contributed by atoms with Crippen molar-refractivity contribution in [2.45, 2.75) is 13.3 Å². The Labute approximate surface area is 62.9 Å². The summed E-state index contributed by atoms with van der Waals surface area (Å²) in [5.74, 6) is 0. The molecule has 0 unspecified atom stereocenters. The van der Waals surface area contributed by atoms with E-state index >= 15 is 0 Å². The summed E-state index contributed by atoms with van der Waals surface area (Å²) >= 11 is 0.